The van der Waals surface area contributed by atoms with Crippen LogP contribution in [0.15, 0.2) is 120 Å². The number of rotatable bonds is 18. The molecule has 4 N–H and O–H groups in total. The Morgan fingerprint density at radius 2 is 1.57 bits per heavy atom. The van der Waals surface area contributed by atoms with Crippen LogP contribution in [0, 0.1) is 18.2 Å². The lowest BCUT2D eigenvalue weighted by Gasteiger charge is -2.35. The van der Waals surface area contributed by atoms with Crippen molar-refractivity contribution < 1.29 is 43.2 Å². The van der Waals surface area contributed by atoms with Crippen molar-refractivity contribution in [1.29, 1.82) is 0 Å². The third kappa shape index (κ3) is 12.0. The molecule has 0 radical (unpaired) electrons. The molecular formula is C53H54FN5O9S2. The highest BCUT2D eigenvalue weighted by molar-refractivity contribution is 7.22. The molecule has 1 fully saturated rings. The molecule has 4 heterocycles. The number of pyridine rings is 1. The van der Waals surface area contributed by atoms with Gasteiger partial charge >= 0.3 is 0 Å². The molecule has 1 saturated heterocycles. The van der Waals surface area contributed by atoms with Gasteiger partial charge in [0.25, 0.3) is 5.56 Å². The number of aliphatic hydroxyl groups is 1. The predicted octanol–water partition coefficient (Wildman–Crippen LogP) is 8.31. The summed E-state index contributed by atoms with van der Waals surface area (Å²) >= 11 is 3.00. The number of thiazole rings is 1. The lowest BCUT2D eigenvalue weighted by Crippen LogP contribution is -2.58. The molecule has 3 atom stereocenters. The van der Waals surface area contributed by atoms with E-state index < -0.39 is 35.4 Å². The molecule has 0 spiro atoms. The molecule has 14 nitrogen and oxygen atoms in total. The van der Waals surface area contributed by atoms with Crippen molar-refractivity contribution in [2.45, 2.75) is 65.4 Å². The maximum atomic E-state index is 14.0. The van der Waals surface area contributed by atoms with E-state index in [1.54, 1.807) is 59.4 Å². The van der Waals surface area contributed by atoms with Crippen LogP contribution >= 0.6 is 22.7 Å². The zero-order valence-electron chi connectivity index (χ0n) is 39.1. The molecule has 1 unspecified atom stereocenters. The monoisotopic (exact) mass is 987 g/mol. The van der Waals surface area contributed by atoms with Crippen LogP contribution in [0.2, 0.25) is 0 Å². The van der Waals surface area contributed by atoms with E-state index >= 15 is 0 Å². The summed E-state index contributed by atoms with van der Waals surface area (Å²) in [4.78, 5) is 61.1. The number of halogens is 1. The molecule has 8 rings (SSSR count). The topological polar surface area (TPSA) is 182 Å². The fourth-order valence-electron chi connectivity index (χ4n) is 8.19. The zero-order valence-corrected chi connectivity index (χ0v) is 40.8. The summed E-state index contributed by atoms with van der Waals surface area (Å²) < 4.78 is 33.7. The quantitative estimate of drug-likeness (QED) is 0.0611. The second-order valence-electron chi connectivity index (χ2n) is 18.1. The zero-order chi connectivity index (χ0) is 49.5. The summed E-state index contributed by atoms with van der Waals surface area (Å²) in [5.41, 5.74) is 6.05. The molecule has 0 saturated carbocycles. The second-order valence-corrected chi connectivity index (χ2v) is 20.0. The molecule has 4 aromatic carbocycles. The van der Waals surface area contributed by atoms with Crippen LogP contribution in [0.25, 0.3) is 42.1 Å². The maximum absolute atomic E-state index is 14.0. The Balaban J connectivity index is 0.773. The van der Waals surface area contributed by atoms with E-state index in [0.717, 1.165) is 53.4 Å². The highest BCUT2D eigenvalue weighted by atomic mass is 32.1. The van der Waals surface area contributed by atoms with Crippen molar-refractivity contribution in [3.63, 3.8) is 0 Å². The number of likely N-dealkylation sites (tertiary alicyclic amines) is 1. The first kappa shape index (κ1) is 49.7. The molecule has 0 bridgehead atoms. The van der Waals surface area contributed by atoms with E-state index in [2.05, 4.69) is 15.6 Å². The van der Waals surface area contributed by atoms with Crippen molar-refractivity contribution >= 4 is 50.5 Å². The Kier molecular flexibility index (Phi) is 15.5. The minimum Gasteiger partial charge on any atom is -0.508 e. The van der Waals surface area contributed by atoms with Gasteiger partial charge in [0.2, 0.25) is 17.7 Å². The number of amides is 3. The van der Waals surface area contributed by atoms with Crippen LogP contribution in [-0.4, -0.2) is 93.5 Å². The summed E-state index contributed by atoms with van der Waals surface area (Å²) in [6, 6.07) is 27.9. The van der Waals surface area contributed by atoms with Crippen LogP contribution in [0.1, 0.15) is 38.4 Å². The van der Waals surface area contributed by atoms with E-state index in [1.165, 1.54) is 32.9 Å². The van der Waals surface area contributed by atoms with E-state index in [4.69, 9.17) is 14.2 Å². The maximum Gasteiger partial charge on any atom is 0.251 e. The lowest BCUT2D eigenvalue weighted by atomic mass is 9.85. The number of aromatic hydroxyl groups is 1. The first-order valence-electron chi connectivity index (χ1n) is 22.8. The highest BCUT2D eigenvalue weighted by Crippen LogP contribution is 2.47. The van der Waals surface area contributed by atoms with Gasteiger partial charge < -0.3 is 44.5 Å². The van der Waals surface area contributed by atoms with Crippen LogP contribution in [0.3, 0.4) is 0 Å². The fourth-order valence-corrected chi connectivity index (χ4v) is 10.2. The summed E-state index contributed by atoms with van der Waals surface area (Å²) in [5, 5.41) is 27.2. The molecular weight excluding hydrogens is 934 g/mol. The number of aryl methyl sites for hydroxylation is 1. The van der Waals surface area contributed by atoms with Gasteiger partial charge in [-0.15, -0.1) is 22.7 Å². The molecule has 0 aliphatic carbocycles. The number of hydrogen-bond donors (Lipinski definition) is 4. The van der Waals surface area contributed by atoms with Gasteiger partial charge in [-0.3, -0.25) is 19.2 Å². The van der Waals surface area contributed by atoms with Crippen molar-refractivity contribution in [2.24, 2.45) is 5.41 Å². The van der Waals surface area contributed by atoms with Gasteiger partial charge in [0, 0.05) is 48.4 Å². The minimum atomic E-state index is -1.00. The van der Waals surface area contributed by atoms with Crippen molar-refractivity contribution in [2.75, 3.05) is 33.0 Å². The molecule has 3 aromatic heterocycles. The number of ether oxygens (including phenoxy) is 3. The standard InChI is InChI=1S/C53H54FN5O9S2/c1-32-48(69-31-56-32)35-7-5-33(6-8-35)28-55-51(64)43-26-40(61)29-59(43)52(65)50(53(2,3)4)57-45(62)30-67-24-23-66-22-21-58-20-19-37(25-46(58)63)34-11-16-41(17-12-34)68-47-42-18-15-39(60)27-44(42)70-49(47)36-9-13-38(54)14-10-36/h5-20,25,27,31,40,43,50,60-61H,21-24,26,28-30H2,1-4H3,(H,55,64)(H,57,62)/t40-,43+,50?/m1/s1. The SMILES string of the molecule is Cc1ncsc1-c1ccc(CNC(=O)[C@@H]2C[C@@H](O)CN2C(=O)C(NC(=O)COCCOCCn2ccc(-c3ccc(Oc4c(-c5ccc(F)cc5)sc5cc(O)ccc45)cc3)cc2=O)C(C)(C)C)cc1. The summed E-state index contributed by atoms with van der Waals surface area (Å²) in [6.07, 6.45) is 0.882. The Bertz CT molecular complexity index is 3020. The van der Waals surface area contributed by atoms with Gasteiger partial charge in [-0.1, -0.05) is 69.3 Å². The number of hydrogen-bond acceptors (Lipinski definition) is 12. The van der Waals surface area contributed by atoms with Gasteiger partial charge in [0.1, 0.15) is 36.0 Å². The van der Waals surface area contributed by atoms with Crippen LogP contribution in [0.4, 0.5) is 4.39 Å². The number of fused-ring (bicyclic) bond motifs is 1. The number of carbonyl (C=O) groups excluding carboxylic acids is 3. The molecule has 7 aromatic rings. The van der Waals surface area contributed by atoms with E-state index in [0.29, 0.717) is 11.5 Å². The predicted molar refractivity (Wildman–Crippen MR) is 268 cm³/mol. The van der Waals surface area contributed by atoms with Gasteiger partial charge in [0.05, 0.1) is 46.9 Å². The fraction of sp³-hybridized carbons (Fsp3) is 0.302. The molecule has 1 aliphatic heterocycles. The normalized spacial score (nSPS) is 15.3. The highest BCUT2D eigenvalue weighted by Gasteiger charge is 2.44. The van der Waals surface area contributed by atoms with Crippen LogP contribution < -0.4 is 20.9 Å². The average molecular weight is 988 g/mol. The number of benzene rings is 4. The van der Waals surface area contributed by atoms with Gasteiger partial charge in [-0.05, 0) is 88.7 Å². The number of nitrogens with zero attached hydrogens (tertiary/aromatic N) is 3. The van der Waals surface area contributed by atoms with Gasteiger partial charge in [-0.25, -0.2) is 9.37 Å². The number of aromatic nitrogens is 2. The lowest BCUT2D eigenvalue weighted by molar-refractivity contribution is -0.144. The van der Waals surface area contributed by atoms with Crippen molar-refractivity contribution in [3.05, 3.63) is 142 Å². The number of carbonyl (C=O) groups is 3. The molecule has 70 heavy (non-hydrogen) atoms. The Morgan fingerprint density at radius 3 is 2.27 bits per heavy atom. The van der Waals surface area contributed by atoms with Crippen molar-refractivity contribution in [1.82, 2.24) is 25.1 Å². The van der Waals surface area contributed by atoms with Gasteiger partial charge in [-0.2, -0.15) is 0 Å². The third-order valence-electron chi connectivity index (χ3n) is 11.9. The first-order chi connectivity index (χ1) is 33.6. The largest absolute Gasteiger partial charge is 0.508 e. The van der Waals surface area contributed by atoms with Crippen molar-refractivity contribution in [3.8, 4) is 49.3 Å². The van der Waals surface area contributed by atoms with Crippen LogP contribution in [0.5, 0.6) is 17.2 Å². The number of nitrogens with one attached hydrogen (secondary N) is 2. The molecule has 1 aliphatic rings. The minimum absolute atomic E-state index is 0.0389. The number of phenolic OH excluding ortho intramolecular Hbond substituents is 1. The van der Waals surface area contributed by atoms with E-state index in [9.17, 15) is 33.8 Å². The summed E-state index contributed by atoms with van der Waals surface area (Å²) in [6.45, 7) is 8.01. The molecule has 3 amide bonds. The average Bonchev–Trinajstić information content (AvgIpc) is 4.06. The number of thiophene rings is 1. The van der Waals surface area contributed by atoms with E-state index in [-0.39, 0.29) is 75.5 Å². The van der Waals surface area contributed by atoms with Gasteiger partial charge in [0.15, 0.2) is 5.75 Å². The molecule has 17 heteroatoms. The number of β-amino-alcohol motifs (C(OH)–C–C–N with tert-alkyl or cyclic N) is 1. The Labute approximate surface area is 412 Å². The Hall–Kier alpha value is -6.76. The third-order valence-corrected chi connectivity index (χ3v) is 14.1. The van der Waals surface area contributed by atoms with Crippen LogP contribution in [-0.2, 0) is 36.9 Å². The smallest absolute Gasteiger partial charge is 0.251 e. The Morgan fingerprint density at radius 1 is 0.871 bits per heavy atom. The van der Waals surface area contributed by atoms with E-state index in [1.807, 2.05) is 82.3 Å². The summed E-state index contributed by atoms with van der Waals surface area (Å²) in [7, 11) is 0. The first-order valence-corrected chi connectivity index (χ1v) is 24.5. The number of aliphatic hydroxyl groups excluding tert-OH is 1. The second kappa shape index (κ2) is 21.9. The molecule has 364 valence electrons. The number of phenols is 1. The summed E-state index contributed by atoms with van der Waals surface area (Å²) in [5.74, 6) is -0.433.